The van der Waals surface area contributed by atoms with E-state index >= 15 is 0 Å². The van der Waals surface area contributed by atoms with E-state index in [2.05, 4.69) is 9.44 Å². The summed E-state index contributed by atoms with van der Waals surface area (Å²) in [6.07, 6.45) is 1.20. The van der Waals surface area contributed by atoms with Crippen molar-refractivity contribution in [2.45, 2.75) is 35.2 Å². The van der Waals surface area contributed by atoms with E-state index < -0.39 is 26.1 Å². The van der Waals surface area contributed by atoms with Crippen molar-refractivity contribution >= 4 is 31.8 Å². The monoisotopic (exact) mass is 451 g/mol. The highest BCUT2D eigenvalue weighted by atomic mass is 32.2. The molecule has 2 aromatic carbocycles. The number of sulfonamides is 2. The van der Waals surface area contributed by atoms with Crippen LogP contribution in [-0.2, 0) is 31.3 Å². The summed E-state index contributed by atoms with van der Waals surface area (Å²) in [7, 11) is -7.48. The van der Waals surface area contributed by atoms with Gasteiger partial charge in [0.15, 0.2) is 0 Å². The molecule has 2 aromatic rings. The number of amides is 1. The third-order valence-corrected chi connectivity index (χ3v) is 7.75. The second-order valence-corrected chi connectivity index (χ2v) is 10.6. The average molecular weight is 452 g/mol. The minimum atomic E-state index is -3.84. The van der Waals surface area contributed by atoms with Crippen LogP contribution in [0.3, 0.4) is 0 Å². The maximum Gasteiger partial charge on any atom is 0.414 e. The minimum absolute atomic E-state index is 0.0162. The molecular weight excluding hydrogens is 430 g/mol. The molecule has 1 saturated heterocycles. The Morgan fingerprint density at radius 2 is 1.63 bits per heavy atom. The van der Waals surface area contributed by atoms with Gasteiger partial charge in [0.25, 0.3) is 0 Å². The number of rotatable bonds is 8. The lowest BCUT2D eigenvalue weighted by Gasteiger charge is -2.14. The molecule has 0 spiro atoms. The molecule has 0 aromatic heterocycles. The topological polar surface area (TPSA) is 122 Å². The van der Waals surface area contributed by atoms with Crippen LogP contribution >= 0.6 is 0 Å². The molecule has 160 valence electrons. The smallest absolute Gasteiger partial charge is 0.414 e. The van der Waals surface area contributed by atoms with Gasteiger partial charge < -0.3 is 4.74 Å². The van der Waals surface area contributed by atoms with Crippen LogP contribution in [0.5, 0.6) is 0 Å². The van der Waals surface area contributed by atoms with Crippen LogP contribution in [-0.4, -0.2) is 42.1 Å². The molecule has 2 fully saturated rings. The number of carbonyl (C=O) groups excluding carboxylic acids is 1. The van der Waals surface area contributed by atoms with Gasteiger partial charge in [-0.3, -0.25) is 4.90 Å². The first-order valence-corrected chi connectivity index (χ1v) is 12.4. The molecule has 9 nitrogen and oxygen atoms in total. The quantitative estimate of drug-likeness (QED) is 0.628. The molecule has 4 rings (SSSR count). The predicted octanol–water partition coefficient (Wildman–Crippen LogP) is 1.56. The summed E-state index contributed by atoms with van der Waals surface area (Å²) in [6.45, 7) is 0.777. The van der Waals surface area contributed by atoms with Gasteiger partial charge in [0.05, 0.1) is 16.3 Å². The standard InChI is InChI=1S/C19H21N3O6S2/c23-19-22(10-11-28-19)16-3-1-2-14(12-16)13-20-29(24,25)17-6-8-18(9-7-17)30(26,27)21-15-4-5-15/h1-3,6-9,12,15,20-21H,4-5,10-11,13H2. The first kappa shape index (κ1) is 20.8. The number of hydrogen-bond acceptors (Lipinski definition) is 6. The molecule has 2 N–H and O–H groups in total. The largest absolute Gasteiger partial charge is 0.447 e. The Morgan fingerprint density at radius 3 is 2.23 bits per heavy atom. The van der Waals surface area contributed by atoms with Gasteiger partial charge in [-0.1, -0.05) is 12.1 Å². The van der Waals surface area contributed by atoms with Crippen LogP contribution < -0.4 is 14.3 Å². The fourth-order valence-electron chi connectivity index (χ4n) is 3.01. The third-order valence-electron chi connectivity index (χ3n) is 4.79. The van der Waals surface area contributed by atoms with Crippen LogP contribution in [0.25, 0.3) is 0 Å². The molecule has 0 unspecified atom stereocenters. The van der Waals surface area contributed by atoms with Gasteiger partial charge in [0.1, 0.15) is 6.61 Å². The lowest BCUT2D eigenvalue weighted by molar-refractivity contribution is 0.181. The van der Waals surface area contributed by atoms with Gasteiger partial charge >= 0.3 is 6.09 Å². The number of ether oxygens (including phenoxy) is 1. The Labute approximate surface area is 175 Å². The van der Waals surface area contributed by atoms with E-state index in [9.17, 15) is 21.6 Å². The zero-order valence-electron chi connectivity index (χ0n) is 15.9. The highest BCUT2D eigenvalue weighted by Crippen LogP contribution is 2.23. The third kappa shape index (κ3) is 4.64. The van der Waals surface area contributed by atoms with Crippen molar-refractivity contribution in [3.8, 4) is 0 Å². The summed E-state index contributed by atoms with van der Waals surface area (Å²) in [5.41, 5.74) is 1.30. The first-order valence-electron chi connectivity index (χ1n) is 9.40. The Kier molecular flexibility index (Phi) is 5.53. The average Bonchev–Trinajstić information content (AvgIpc) is 3.42. The maximum atomic E-state index is 12.6. The molecule has 11 heteroatoms. The van der Waals surface area contributed by atoms with E-state index in [1.165, 1.54) is 29.2 Å². The second kappa shape index (κ2) is 7.99. The van der Waals surface area contributed by atoms with Gasteiger partial charge in [0.2, 0.25) is 20.0 Å². The molecule has 2 aliphatic rings. The fourth-order valence-corrected chi connectivity index (χ4v) is 5.33. The van der Waals surface area contributed by atoms with Crippen LogP contribution in [0.4, 0.5) is 10.5 Å². The van der Waals surface area contributed by atoms with E-state index in [1.807, 2.05) is 0 Å². The normalized spacial score (nSPS) is 17.2. The highest BCUT2D eigenvalue weighted by Gasteiger charge is 2.28. The van der Waals surface area contributed by atoms with Crippen molar-refractivity contribution in [2.24, 2.45) is 0 Å². The molecule has 1 aliphatic heterocycles. The number of benzene rings is 2. The van der Waals surface area contributed by atoms with Crippen molar-refractivity contribution in [1.82, 2.24) is 9.44 Å². The second-order valence-electron chi connectivity index (χ2n) is 7.13. The number of nitrogens with zero attached hydrogens (tertiary/aromatic N) is 1. The minimum Gasteiger partial charge on any atom is -0.447 e. The Bertz CT molecular complexity index is 1160. The Hall–Kier alpha value is -2.47. The van der Waals surface area contributed by atoms with Crippen LogP contribution in [0.15, 0.2) is 58.3 Å². The summed E-state index contributed by atoms with van der Waals surface area (Å²) in [5.74, 6) is 0. The molecule has 30 heavy (non-hydrogen) atoms. The van der Waals surface area contributed by atoms with Crippen molar-refractivity contribution in [1.29, 1.82) is 0 Å². The maximum absolute atomic E-state index is 12.6. The molecule has 1 amide bonds. The van der Waals surface area contributed by atoms with E-state index in [1.54, 1.807) is 24.3 Å². The van der Waals surface area contributed by atoms with Gasteiger partial charge in [-0.2, -0.15) is 0 Å². The van der Waals surface area contributed by atoms with Crippen LogP contribution in [0.1, 0.15) is 18.4 Å². The number of hydrogen-bond donors (Lipinski definition) is 2. The fraction of sp³-hybridized carbons (Fsp3) is 0.316. The van der Waals surface area contributed by atoms with Gasteiger partial charge in [-0.05, 0) is 54.8 Å². The SMILES string of the molecule is O=C1OCCN1c1cccc(CNS(=O)(=O)c2ccc(S(=O)(=O)NC3CC3)cc2)c1. The zero-order chi connectivity index (χ0) is 21.4. The van der Waals surface area contributed by atoms with Crippen molar-refractivity contribution in [3.05, 3.63) is 54.1 Å². The molecular formula is C19H21N3O6S2. The van der Waals surface area contributed by atoms with E-state index in [0.717, 1.165) is 12.8 Å². The van der Waals surface area contributed by atoms with E-state index in [0.29, 0.717) is 24.4 Å². The molecule has 0 radical (unpaired) electrons. The zero-order valence-corrected chi connectivity index (χ0v) is 17.6. The molecule has 1 saturated carbocycles. The Morgan fingerprint density at radius 1 is 0.967 bits per heavy atom. The van der Waals surface area contributed by atoms with Gasteiger partial charge in [-0.15, -0.1) is 0 Å². The predicted molar refractivity (Wildman–Crippen MR) is 109 cm³/mol. The number of cyclic esters (lactones) is 1. The number of nitrogens with one attached hydrogen (secondary N) is 2. The van der Waals surface area contributed by atoms with E-state index in [-0.39, 0.29) is 22.4 Å². The molecule has 1 aliphatic carbocycles. The van der Waals surface area contributed by atoms with Crippen LogP contribution in [0.2, 0.25) is 0 Å². The van der Waals surface area contributed by atoms with Crippen molar-refractivity contribution < 1.29 is 26.4 Å². The summed E-state index contributed by atoms with van der Waals surface area (Å²) in [5, 5.41) is 0. The van der Waals surface area contributed by atoms with Crippen LogP contribution in [0, 0.1) is 0 Å². The molecule has 1 heterocycles. The van der Waals surface area contributed by atoms with E-state index in [4.69, 9.17) is 4.74 Å². The van der Waals surface area contributed by atoms with Crippen molar-refractivity contribution in [2.75, 3.05) is 18.1 Å². The molecule has 0 atom stereocenters. The van der Waals surface area contributed by atoms with Gasteiger partial charge in [-0.25, -0.2) is 31.1 Å². The lowest BCUT2D eigenvalue weighted by Crippen LogP contribution is -2.26. The lowest BCUT2D eigenvalue weighted by atomic mass is 10.2. The first-order chi connectivity index (χ1) is 14.2. The summed E-state index contributed by atoms with van der Waals surface area (Å²) >= 11 is 0. The number of anilines is 1. The Balaban J connectivity index is 1.44. The summed E-state index contributed by atoms with van der Waals surface area (Å²) in [6, 6.07) is 12.0. The molecule has 0 bridgehead atoms. The summed E-state index contributed by atoms with van der Waals surface area (Å²) < 4.78 is 59.5. The number of carbonyl (C=O) groups is 1. The van der Waals surface area contributed by atoms with Crippen molar-refractivity contribution in [3.63, 3.8) is 0 Å². The highest BCUT2D eigenvalue weighted by molar-refractivity contribution is 7.90. The van der Waals surface area contributed by atoms with Gasteiger partial charge in [0, 0.05) is 18.3 Å². The summed E-state index contributed by atoms with van der Waals surface area (Å²) in [4.78, 5) is 13.2.